The number of benzene rings is 1. The fourth-order valence-corrected chi connectivity index (χ4v) is 2.26. The molecule has 106 valence electrons. The topological polar surface area (TPSA) is 58.2 Å². The smallest absolute Gasteiger partial charge is 0.315 e. The lowest BCUT2D eigenvalue weighted by Crippen LogP contribution is -2.42. The number of amides is 2. The van der Waals surface area contributed by atoms with Crippen LogP contribution in [0.1, 0.15) is 12.5 Å². The normalized spacial score (nSPS) is 13.6. The highest BCUT2D eigenvalue weighted by atomic mass is 79.9. The second-order valence-corrected chi connectivity index (χ2v) is 6.88. The van der Waals surface area contributed by atoms with E-state index in [2.05, 4.69) is 26.6 Å². The van der Waals surface area contributed by atoms with Crippen LogP contribution in [0.15, 0.2) is 28.7 Å². The van der Waals surface area contributed by atoms with Crippen molar-refractivity contribution in [3.05, 3.63) is 34.3 Å². The van der Waals surface area contributed by atoms with E-state index in [4.69, 9.17) is 0 Å². The zero-order chi connectivity index (χ0) is 14.3. The van der Waals surface area contributed by atoms with Crippen LogP contribution >= 0.6 is 15.9 Å². The molecule has 1 rings (SSSR count). The van der Waals surface area contributed by atoms with E-state index in [0.717, 1.165) is 10.9 Å². The van der Waals surface area contributed by atoms with E-state index in [1.54, 1.807) is 6.26 Å². The lowest BCUT2D eigenvalue weighted by atomic mass is 10.1. The average Bonchev–Trinajstić information content (AvgIpc) is 2.31. The molecule has 0 aromatic heterocycles. The third-order valence-electron chi connectivity index (χ3n) is 2.51. The minimum Gasteiger partial charge on any atom is -0.337 e. The summed E-state index contributed by atoms with van der Waals surface area (Å²) in [5.74, 6) is 0.481. The summed E-state index contributed by atoms with van der Waals surface area (Å²) in [5, 5.41) is 5.55. The molecule has 0 saturated carbocycles. The van der Waals surface area contributed by atoms with Crippen LogP contribution in [0, 0.1) is 0 Å². The SMILES string of the molecule is C[C@H](Cc1ccc(Br)cc1)NC(=O)NCC[S@](C)=O. The maximum atomic E-state index is 11.6. The first-order valence-electron chi connectivity index (χ1n) is 6.06. The van der Waals surface area contributed by atoms with Crippen molar-refractivity contribution in [2.24, 2.45) is 0 Å². The Morgan fingerprint density at radius 2 is 2.00 bits per heavy atom. The van der Waals surface area contributed by atoms with Gasteiger partial charge >= 0.3 is 6.03 Å². The minimum atomic E-state index is -0.875. The number of urea groups is 1. The molecule has 0 aliphatic carbocycles. The van der Waals surface area contributed by atoms with Crippen LogP contribution in [0.2, 0.25) is 0 Å². The first-order chi connectivity index (χ1) is 8.97. The number of rotatable bonds is 6. The summed E-state index contributed by atoms with van der Waals surface area (Å²) in [7, 11) is -0.875. The van der Waals surface area contributed by atoms with Crippen molar-refractivity contribution in [2.75, 3.05) is 18.6 Å². The second-order valence-electron chi connectivity index (χ2n) is 4.41. The Balaban J connectivity index is 2.30. The van der Waals surface area contributed by atoms with Gasteiger partial charge in [-0.05, 0) is 31.0 Å². The molecule has 0 aliphatic rings. The number of hydrogen-bond donors (Lipinski definition) is 2. The number of nitrogens with one attached hydrogen (secondary N) is 2. The summed E-state index contributed by atoms with van der Waals surface area (Å²) >= 11 is 3.39. The van der Waals surface area contributed by atoms with Crippen molar-refractivity contribution in [2.45, 2.75) is 19.4 Å². The van der Waals surface area contributed by atoms with Crippen LogP contribution in [0.4, 0.5) is 4.79 Å². The lowest BCUT2D eigenvalue weighted by Gasteiger charge is -2.14. The number of carbonyl (C=O) groups excluding carboxylic acids is 1. The molecular weight excluding hydrogens is 328 g/mol. The van der Waals surface area contributed by atoms with Gasteiger partial charge in [0.25, 0.3) is 0 Å². The molecule has 0 unspecified atom stereocenters. The van der Waals surface area contributed by atoms with Crippen LogP contribution in [-0.2, 0) is 17.2 Å². The molecule has 0 radical (unpaired) electrons. The third kappa shape index (κ3) is 7.32. The molecule has 0 aliphatic heterocycles. The highest BCUT2D eigenvalue weighted by Gasteiger charge is 2.07. The Morgan fingerprint density at radius 1 is 1.37 bits per heavy atom. The minimum absolute atomic E-state index is 0.0494. The van der Waals surface area contributed by atoms with Gasteiger partial charge in [-0.3, -0.25) is 4.21 Å². The summed E-state index contributed by atoms with van der Waals surface area (Å²) in [6.07, 6.45) is 2.40. The van der Waals surface area contributed by atoms with Crippen molar-refractivity contribution in [3.8, 4) is 0 Å². The van der Waals surface area contributed by atoms with Crippen LogP contribution in [0.5, 0.6) is 0 Å². The molecule has 0 saturated heterocycles. The van der Waals surface area contributed by atoms with Crippen molar-refractivity contribution in [1.82, 2.24) is 10.6 Å². The molecule has 6 heteroatoms. The molecule has 1 aromatic carbocycles. The third-order valence-corrected chi connectivity index (χ3v) is 3.82. The summed E-state index contributed by atoms with van der Waals surface area (Å²) in [6.45, 7) is 2.39. The van der Waals surface area contributed by atoms with Crippen molar-refractivity contribution >= 4 is 32.8 Å². The van der Waals surface area contributed by atoms with E-state index in [9.17, 15) is 9.00 Å². The fraction of sp³-hybridized carbons (Fsp3) is 0.462. The monoisotopic (exact) mass is 346 g/mol. The van der Waals surface area contributed by atoms with Gasteiger partial charge in [0.05, 0.1) is 0 Å². The van der Waals surface area contributed by atoms with Crippen LogP contribution < -0.4 is 10.6 Å². The van der Waals surface area contributed by atoms with Gasteiger partial charge in [-0.15, -0.1) is 0 Å². The number of halogens is 1. The summed E-state index contributed by atoms with van der Waals surface area (Å²) in [6, 6.07) is 7.86. The van der Waals surface area contributed by atoms with Crippen molar-refractivity contribution < 1.29 is 9.00 Å². The molecule has 4 nitrogen and oxygen atoms in total. The van der Waals surface area contributed by atoms with E-state index in [1.165, 1.54) is 5.56 Å². The quantitative estimate of drug-likeness (QED) is 0.828. The van der Waals surface area contributed by atoms with Gasteiger partial charge in [-0.1, -0.05) is 28.1 Å². The van der Waals surface area contributed by atoms with Gasteiger partial charge < -0.3 is 10.6 Å². The Morgan fingerprint density at radius 3 is 2.58 bits per heavy atom. The van der Waals surface area contributed by atoms with Crippen molar-refractivity contribution in [1.29, 1.82) is 0 Å². The van der Waals surface area contributed by atoms with Gasteiger partial charge in [-0.25, -0.2) is 4.79 Å². The largest absolute Gasteiger partial charge is 0.337 e. The zero-order valence-corrected chi connectivity index (χ0v) is 13.5. The average molecular weight is 347 g/mol. The maximum Gasteiger partial charge on any atom is 0.315 e. The van der Waals surface area contributed by atoms with Crippen LogP contribution in [0.25, 0.3) is 0 Å². The maximum absolute atomic E-state index is 11.6. The predicted molar refractivity (Wildman–Crippen MR) is 82.8 cm³/mol. The molecule has 0 bridgehead atoms. The standard InChI is InChI=1S/C13H19BrN2O2S/c1-10(9-11-3-5-12(14)6-4-11)16-13(17)15-7-8-19(2)18/h3-6,10H,7-9H2,1-2H3,(H2,15,16,17)/t10-,19+/m1/s1. The Labute approximate surface area is 124 Å². The van der Waals surface area contributed by atoms with Gasteiger partial charge in [0.1, 0.15) is 0 Å². The van der Waals surface area contributed by atoms with Gasteiger partial charge in [0.2, 0.25) is 0 Å². The predicted octanol–water partition coefficient (Wildman–Crippen LogP) is 2.06. The number of carbonyl (C=O) groups is 1. The molecule has 0 heterocycles. The first-order valence-corrected chi connectivity index (χ1v) is 8.58. The van der Waals surface area contributed by atoms with E-state index >= 15 is 0 Å². The van der Waals surface area contributed by atoms with Gasteiger partial charge in [0.15, 0.2) is 0 Å². The zero-order valence-electron chi connectivity index (χ0n) is 11.1. The molecule has 1 aromatic rings. The Kier molecular flexibility index (Phi) is 7.09. The molecule has 2 atom stereocenters. The summed E-state index contributed by atoms with van der Waals surface area (Å²) in [4.78, 5) is 11.6. The van der Waals surface area contributed by atoms with Gasteiger partial charge in [-0.2, -0.15) is 0 Å². The molecule has 0 fully saturated rings. The molecule has 19 heavy (non-hydrogen) atoms. The van der Waals surface area contributed by atoms with Crippen molar-refractivity contribution in [3.63, 3.8) is 0 Å². The summed E-state index contributed by atoms with van der Waals surface area (Å²) < 4.78 is 11.9. The summed E-state index contributed by atoms with van der Waals surface area (Å²) in [5.41, 5.74) is 1.17. The van der Waals surface area contributed by atoms with Gasteiger partial charge in [0, 0.05) is 39.9 Å². The fourth-order valence-electron chi connectivity index (χ4n) is 1.61. The molecular formula is C13H19BrN2O2S. The first kappa shape index (κ1) is 16.2. The van der Waals surface area contributed by atoms with Crippen LogP contribution in [-0.4, -0.2) is 34.8 Å². The van der Waals surface area contributed by atoms with E-state index < -0.39 is 10.8 Å². The Bertz CT molecular complexity index is 437. The highest BCUT2D eigenvalue weighted by Crippen LogP contribution is 2.11. The van der Waals surface area contributed by atoms with E-state index in [0.29, 0.717) is 12.3 Å². The van der Waals surface area contributed by atoms with Crippen LogP contribution in [0.3, 0.4) is 0 Å². The second kappa shape index (κ2) is 8.32. The number of hydrogen-bond acceptors (Lipinski definition) is 2. The lowest BCUT2D eigenvalue weighted by molar-refractivity contribution is 0.238. The Hall–Kier alpha value is -0.880. The van der Waals surface area contributed by atoms with E-state index in [-0.39, 0.29) is 12.1 Å². The molecule has 0 spiro atoms. The molecule has 2 N–H and O–H groups in total. The van der Waals surface area contributed by atoms with E-state index in [1.807, 2.05) is 31.2 Å². The highest BCUT2D eigenvalue weighted by molar-refractivity contribution is 9.10. The molecule has 2 amide bonds.